The second-order valence-electron chi connectivity index (χ2n) is 3.09. The Labute approximate surface area is 74.1 Å². The van der Waals surface area contributed by atoms with Crippen molar-refractivity contribution in [1.82, 2.24) is 0 Å². The molecule has 0 aliphatic heterocycles. The van der Waals surface area contributed by atoms with Crippen LogP contribution in [0.15, 0.2) is 30.3 Å². The lowest BCUT2D eigenvalue weighted by Gasteiger charge is -2.06. The summed E-state index contributed by atoms with van der Waals surface area (Å²) in [5, 5.41) is 9.32. The Bertz CT molecular complexity index is 206. The van der Waals surface area contributed by atoms with Crippen LogP contribution in [0.5, 0.6) is 0 Å². The Morgan fingerprint density at radius 2 is 1.92 bits per heavy atom. The van der Waals surface area contributed by atoms with Gasteiger partial charge in [0.05, 0.1) is 6.10 Å². The number of aliphatic hydroxyl groups is 1. The van der Waals surface area contributed by atoms with Crippen LogP contribution in [0.1, 0.15) is 25.3 Å². The van der Waals surface area contributed by atoms with E-state index in [-0.39, 0.29) is 6.10 Å². The van der Waals surface area contributed by atoms with Gasteiger partial charge in [0.15, 0.2) is 0 Å². The van der Waals surface area contributed by atoms with Crippen molar-refractivity contribution >= 4 is 0 Å². The van der Waals surface area contributed by atoms with E-state index < -0.39 is 0 Å². The van der Waals surface area contributed by atoms with Crippen LogP contribution >= 0.6 is 0 Å². The molecule has 0 spiro atoms. The number of hydrogen-bond acceptors (Lipinski definition) is 1. The van der Waals surface area contributed by atoms with Crippen LogP contribution in [0.2, 0.25) is 0 Å². The van der Waals surface area contributed by atoms with Crippen LogP contribution in [-0.4, -0.2) is 11.2 Å². The molecule has 0 aliphatic rings. The fourth-order valence-corrected chi connectivity index (χ4v) is 1.18. The van der Waals surface area contributed by atoms with Gasteiger partial charge in [-0.25, -0.2) is 0 Å². The molecule has 0 heterocycles. The first-order valence-corrected chi connectivity index (χ1v) is 4.55. The summed E-state index contributed by atoms with van der Waals surface area (Å²) < 4.78 is 0. The molecule has 1 aromatic carbocycles. The van der Waals surface area contributed by atoms with Gasteiger partial charge in [-0.15, -0.1) is 0 Å². The average Bonchev–Trinajstić information content (AvgIpc) is 2.16. The Balaban J connectivity index is 2.33. The second kappa shape index (κ2) is 4.94. The molecule has 0 saturated carbocycles. The van der Waals surface area contributed by atoms with E-state index in [4.69, 9.17) is 0 Å². The van der Waals surface area contributed by atoms with Crippen molar-refractivity contribution in [2.24, 2.45) is 0 Å². The zero-order chi connectivity index (χ0) is 8.81. The lowest BCUT2D eigenvalue weighted by Crippen LogP contribution is -2.05. The van der Waals surface area contributed by atoms with Gasteiger partial charge in [0.2, 0.25) is 0 Å². The quantitative estimate of drug-likeness (QED) is 0.724. The molecule has 1 aromatic rings. The Morgan fingerprint density at radius 1 is 1.25 bits per heavy atom. The smallest absolute Gasteiger partial charge is 0.0540 e. The molecule has 0 radical (unpaired) electrons. The highest BCUT2D eigenvalue weighted by Crippen LogP contribution is 2.06. The molecule has 66 valence electrons. The minimum Gasteiger partial charge on any atom is -0.393 e. The molecule has 1 atom stereocenters. The van der Waals surface area contributed by atoms with Gasteiger partial charge < -0.3 is 5.11 Å². The van der Waals surface area contributed by atoms with E-state index >= 15 is 0 Å². The van der Waals surface area contributed by atoms with E-state index in [0.29, 0.717) is 0 Å². The number of hydrogen-bond donors (Lipinski definition) is 1. The van der Waals surface area contributed by atoms with E-state index in [1.54, 1.807) is 0 Å². The third-order valence-corrected chi connectivity index (χ3v) is 2.08. The van der Waals surface area contributed by atoms with E-state index in [9.17, 15) is 5.11 Å². The monoisotopic (exact) mass is 164 g/mol. The Kier molecular flexibility index (Phi) is 3.81. The SMILES string of the molecule is CC[C@@H](O)CCc1ccccc1. The van der Waals surface area contributed by atoms with E-state index in [1.807, 2.05) is 25.1 Å². The number of benzene rings is 1. The first-order valence-electron chi connectivity index (χ1n) is 4.55. The van der Waals surface area contributed by atoms with E-state index in [2.05, 4.69) is 12.1 Å². The van der Waals surface area contributed by atoms with Crippen LogP contribution in [0.25, 0.3) is 0 Å². The molecule has 1 N–H and O–H groups in total. The van der Waals surface area contributed by atoms with Gasteiger partial charge in [-0.05, 0) is 24.8 Å². The molecular weight excluding hydrogens is 148 g/mol. The molecular formula is C11H16O. The molecule has 0 aromatic heterocycles. The molecule has 0 aliphatic carbocycles. The predicted molar refractivity (Wildman–Crippen MR) is 51.1 cm³/mol. The molecule has 0 unspecified atom stereocenters. The molecule has 0 bridgehead atoms. The minimum atomic E-state index is -0.134. The maximum absolute atomic E-state index is 9.32. The highest BCUT2D eigenvalue weighted by molar-refractivity contribution is 5.14. The van der Waals surface area contributed by atoms with Crippen LogP contribution in [-0.2, 0) is 6.42 Å². The number of rotatable bonds is 4. The first kappa shape index (κ1) is 9.27. The standard InChI is InChI=1S/C11H16O/c1-2-11(12)9-8-10-6-4-3-5-7-10/h3-7,11-12H,2,8-9H2,1H3/t11-/m1/s1. The van der Waals surface area contributed by atoms with Gasteiger partial charge in [0.25, 0.3) is 0 Å². The molecule has 1 rings (SSSR count). The maximum Gasteiger partial charge on any atom is 0.0540 e. The van der Waals surface area contributed by atoms with Crippen molar-refractivity contribution in [3.8, 4) is 0 Å². The fourth-order valence-electron chi connectivity index (χ4n) is 1.18. The normalized spacial score (nSPS) is 12.8. The lowest BCUT2D eigenvalue weighted by atomic mass is 10.1. The van der Waals surface area contributed by atoms with Gasteiger partial charge in [-0.2, -0.15) is 0 Å². The van der Waals surface area contributed by atoms with Gasteiger partial charge in [-0.3, -0.25) is 0 Å². The molecule has 12 heavy (non-hydrogen) atoms. The highest BCUT2D eigenvalue weighted by Gasteiger charge is 2.00. The molecule has 0 saturated heterocycles. The van der Waals surface area contributed by atoms with Gasteiger partial charge in [-0.1, -0.05) is 37.3 Å². The topological polar surface area (TPSA) is 20.2 Å². The maximum atomic E-state index is 9.32. The van der Waals surface area contributed by atoms with Crippen molar-refractivity contribution in [2.45, 2.75) is 32.3 Å². The first-order chi connectivity index (χ1) is 5.83. The third-order valence-electron chi connectivity index (χ3n) is 2.08. The molecule has 1 nitrogen and oxygen atoms in total. The summed E-state index contributed by atoms with van der Waals surface area (Å²) in [5.41, 5.74) is 1.31. The van der Waals surface area contributed by atoms with Crippen molar-refractivity contribution in [3.63, 3.8) is 0 Å². The predicted octanol–water partition coefficient (Wildman–Crippen LogP) is 2.39. The van der Waals surface area contributed by atoms with Crippen molar-refractivity contribution in [1.29, 1.82) is 0 Å². The summed E-state index contributed by atoms with van der Waals surface area (Å²) in [7, 11) is 0. The van der Waals surface area contributed by atoms with Crippen molar-refractivity contribution < 1.29 is 5.11 Å². The Hall–Kier alpha value is -0.820. The van der Waals surface area contributed by atoms with E-state index in [1.165, 1.54) is 5.56 Å². The summed E-state index contributed by atoms with van der Waals surface area (Å²) in [6.45, 7) is 2.01. The molecule has 0 fully saturated rings. The summed E-state index contributed by atoms with van der Waals surface area (Å²) in [5.74, 6) is 0. The zero-order valence-corrected chi connectivity index (χ0v) is 7.53. The van der Waals surface area contributed by atoms with Crippen LogP contribution in [0.4, 0.5) is 0 Å². The zero-order valence-electron chi connectivity index (χ0n) is 7.53. The highest BCUT2D eigenvalue weighted by atomic mass is 16.3. The van der Waals surface area contributed by atoms with Crippen molar-refractivity contribution in [2.75, 3.05) is 0 Å². The largest absolute Gasteiger partial charge is 0.393 e. The number of aryl methyl sites for hydroxylation is 1. The minimum absolute atomic E-state index is 0.134. The Morgan fingerprint density at radius 3 is 2.50 bits per heavy atom. The molecule has 0 amide bonds. The number of aliphatic hydroxyl groups excluding tert-OH is 1. The van der Waals surface area contributed by atoms with Crippen LogP contribution in [0.3, 0.4) is 0 Å². The summed E-state index contributed by atoms with van der Waals surface area (Å²) >= 11 is 0. The lowest BCUT2D eigenvalue weighted by molar-refractivity contribution is 0.160. The van der Waals surface area contributed by atoms with Gasteiger partial charge >= 0.3 is 0 Å². The summed E-state index contributed by atoms with van der Waals surface area (Å²) in [4.78, 5) is 0. The molecule has 1 heteroatoms. The van der Waals surface area contributed by atoms with Crippen LogP contribution in [0, 0.1) is 0 Å². The second-order valence-corrected chi connectivity index (χ2v) is 3.09. The van der Waals surface area contributed by atoms with Gasteiger partial charge in [0, 0.05) is 0 Å². The van der Waals surface area contributed by atoms with E-state index in [0.717, 1.165) is 19.3 Å². The summed E-state index contributed by atoms with van der Waals surface area (Å²) in [6, 6.07) is 10.3. The fraction of sp³-hybridized carbons (Fsp3) is 0.455. The van der Waals surface area contributed by atoms with Crippen LogP contribution < -0.4 is 0 Å². The van der Waals surface area contributed by atoms with Crippen molar-refractivity contribution in [3.05, 3.63) is 35.9 Å². The van der Waals surface area contributed by atoms with Gasteiger partial charge in [0.1, 0.15) is 0 Å². The summed E-state index contributed by atoms with van der Waals surface area (Å²) in [6.07, 6.45) is 2.58. The third kappa shape index (κ3) is 3.05. The average molecular weight is 164 g/mol.